The second kappa shape index (κ2) is 5.60. The molecule has 3 rings (SSSR count). The van der Waals surface area contributed by atoms with Gasteiger partial charge in [-0.05, 0) is 48.3 Å². The zero-order chi connectivity index (χ0) is 12.4. The van der Waals surface area contributed by atoms with Crippen LogP contribution in [0.25, 0.3) is 10.1 Å². The van der Waals surface area contributed by atoms with E-state index in [1.54, 1.807) is 11.3 Å². The summed E-state index contributed by atoms with van der Waals surface area (Å²) in [7, 11) is 0. The van der Waals surface area contributed by atoms with Crippen molar-refractivity contribution in [3.63, 3.8) is 0 Å². The fraction of sp³-hybridized carbons (Fsp3) is 0.467. The van der Waals surface area contributed by atoms with Crippen LogP contribution in [-0.4, -0.2) is 18.0 Å². The third-order valence-electron chi connectivity index (χ3n) is 3.72. The summed E-state index contributed by atoms with van der Waals surface area (Å²) in [5.74, 6) is 0. The summed E-state index contributed by atoms with van der Waals surface area (Å²) in [6, 6.07) is 6.24. The van der Waals surface area contributed by atoms with E-state index in [4.69, 9.17) is 11.6 Å². The molecule has 0 amide bonds. The lowest BCUT2D eigenvalue weighted by Crippen LogP contribution is -2.23. The van der Waals surface area contributed by atoms with Crippen molar-refractivity contribution in [1.29, 1.82) is 0 Å². The Kier molecular flexibility index (Phi) is 3.88. The minimum Gasteiger partial charge on any atom is -0.299 e. The van der Waals surface area contributed by atoms with Crippen LogP contribution < -0.4 is 0 Å². The first-order valence-corrected chi connectivity index (χ1v) is 7.97. The Hall–Kier alpha value is -0.570. The number of hydrogen-bond donors (Lipinski definition) is 0. The standard InChI is InChI=1S/C15H18ClNS/c16-14-7-5-6-13-12(11-18-15(13)14)10-17-8-3-1-2-4-9-17/h5-7,11H,1-4,8-10H2. The fourth-order valence-corrected chi connectivity index (χ4v) is 4.01. The molecule has 3 heteroatoms. The number of halogens is 1. The molecule has 0 radical (unpaired) electrons. The summed E-state index contributed by atoms with van der Waals surface area (Å²) in [6.45, 7) is 3.58. The van der Waals surface area contributed by atoms with Gasteiger partial charge < -0.3 is 0 Å². The maximum absolute atomic E-state index is 6.24. The van der Waals surface area contributed by atoms with Gasteiger partial charge in [-0.3, -0.25) is 4.90 Å². The summed E-state index contributed by atoms with van der Waals surface area (Å²) < 4.78 is 1.24. The number of fused-ring (bicyclic) bond motifs is 1. The summed E-state index contributed by atoms with van der Waals surface area (Å²) in [4.78, 5) is 2.59. The summed E-state index contributed by atoms with van der Waals surface area (Å²) in [5, 5.41) is 4.51. The Morgan fingerprint density at radius 1 is 1.11 bits per heavy atom. The van der Waals surface area contributed by atoms with E-state index in [2.05, 4.69) is 22.4 Å². The fourth-order valence-electron chi connectivity index (χ4n) is 2.73. The van der Waals surface area contributed by atoms with E-state index in [0.29, 0.717) is 0 Å². The van der Waals surface area contributed by atoms with Gasteiger partial charge in [-0.15, -0.1) is 11.3 Å². The van der Waals surface area contributed by atoms with E-state index >= 15 is 0 Å². The molecule has 0 spiro atoms. The molecule has 0 unspecified atom stereocenters. The third-order valence-corrected chi connectivity index (χ3v) is 5.23. The monoisotopic (exact) mass is 279 g/mol. The highest BCUT2D eigenvalue weighted by atomic mass is 35.5. The van der Waals surface area contributed by atoms with E-state index in [9.17, 15) is 0 Å². The number of rotatable bonds is 2. The minimum atomic E-state index is 0.889. The first kappa shape index (κ1) is 12.5. The molecule has 18 heavy (non-hydrogen) atoms. The maximum Gasteiger partial charge on any atom is 0.0584 e. The number of thiophene rings is 1. The van der Waals surface area contributed by atoms with Crippen molar-refractivity contribution in [2.75, 3.05) is 13.1 Å². The molecule has 2 heterocycles. The normalized spacial score (nSPS) is 18.1. The number of hydrogen-bond acceptors (Lipinski definition) is 2. The molecule has 0 bridgehead atoms. The maximum atomic E-state index is 6.24. The average molecular weight is 280 g/mol. The van der Waals surface area contributed by atoms with Crippen LogP contribution >= 0.6 is 22.9 Å². The quantitative estimate of drug-likeness (QED) is 0.753. The Bertz CT molecular complexity index is 526. The second-order valence-electron chi connectivity index (χ2n) is 5.07. The Labute approximate surface area is 117 Å². The lowest BCUT2D eigenvalue weighted by molar-refractivity contribution is 0.278. The smallest absolute Gasteiger partial charge is 0.0584 e. The van der Waals surface area contributed by atoms with Gasteiger partial charge in [0.15, 0.2) is 0 Å². The Morgan fingerprint density at radius 2 is 1.89 bits per heavy atom. The predicted molar refractivity (Wildman–Crippen MR) is 80.6 cm³/mol. The van der Waals surface area contributed by atoms with Crippen molar-refractivity contribution in [2.24, 2.45) is 0 Å². The van der Waals surface area contributed by atoms with Gasteiger partial charge in [0.25, 0.3) is 0 Å². The third kappa shape index (κ3) is 2.56. The van der Waals surface area contributed by atoms with Crippen LogP contribution in [0.15, 0.2) is 23.6 Å². The van der Waals surface area contributed by atoms with E-state index in [1.807, 2.05) is 6.07 Å². The molecule has 1 aliphatic rings. The van der Waals surface area contributed by atoms with Gasteiger partial charge in [0.05, 0.1) is 9.72 Å². The van der Waals surface area contributed by atoms with E-state index in [-0.39, 0.29) is 0 Å². The predicted octanol–water partition coefficient (Wildman–Crippen LogP) is 4.93. The van der Waals surface area contributed by atoms with Crippen molar-refractivity contribution in [3.05, 3.63) is 34.2 Å². The van der Waals surface area contributed by atoms with Crippen molar-refractivity contribution in [1.82, 2.24) is 4.90 Å². The number of benzene rings is 1. The van der Waals surface area contributed by atoms with Crippen molar-refractivity contribution in [3.8, 4) is 0 Å². The molecular weight excluding hydrogens is 262 g/mol. The SMILES string of the molecule is Clc1cccc2c(CN3CCCCCC3)csc12. The van der Waals surface area contributed by atoms with E-state index < -0.39 is 0 Å². The van der Waals surface area contributed by atoms with Crippen molar-refractivity contribution < 1.29 is 0 Å². The molecule has 2 aromatic rings. The molecule has 1 aliphatic heterocycles. The first-order chi connectivity index (χ1) is 8.84. The Morgan fingerprint density at radius 3 is 2.67 bits per heavy atom. The molecule has 1 aromatic heterocycles. The molecule has 1 fully saturated rings. The minimum absolute atomic E-state index is 0.889. The topological polar surface area (TPSA) is 3.24 Å². The van der Waals surface area contributed by atoms with Crippen LogP contribution in [-0.2, 0) is 6.54 Å². The largest absolute Gasteiger partial charge is 0.299 e. The van der Waals surface area contributed by atoms with Gasteiger partial charge in [0, 0.05) is 6.54 Å². The molecule has 0 saturated carbocycles. The molecule has 96 valence electrons. The van der Waals surface area contributed by atoms with E-state index in [0.717, 1.165) is 11.6 Å². The van der Waals surface area contributed by atoms with Crippen LogP contribution in [0.3, 0.4) is 0 Å². The van der Waals surface area contributed by atoms with Crippen molar-refractivity contribution >= 4 is 33.0 Å². The molecule has 1 saturated heterocycles. The van der Waals surface area contributed by atoms with Crippen LogP contribution in [0, 0.1) is 0 Å². The molecule has 0 atom stereocenters. The Balaban J connectivity index is 1.83. The molecular formula is C15H18ClNS. The van der Waals surface area contributed by atoms with Crippen LogP contribution in [0.2, 0.25) is 5.02 Å². The number of likely N-dealkylation sites (tertiary alicyclic amines) is 1. The first-order valence-electron chi connectivity index (χ1n) is 6.71. The molecule has 1 aromatic carbocycles. The van der Waals surface area contributed by atoms with Gasteiger partial charge in [-0.1, -0.05) is 36.6 Å². The van der Waals surface area contributed by atoms with Gasteiger partial charge in [0.1, 0.15) is 0 Å². The van der Waals surface area contributed by atoms with Crippen LogP contribution in [0.1, 0.15) is 31.2 Å². The number of nitrogens with zero attached hydrogens (tertiary/aromatic N) is 1. The summed E-state index contributed by atoms with van der Waals surface area (Å²) in [5.41, 5.74) is 1.44. The van der Waals surface area contributed by atoms with Gasteiger partial charge >= 0.3 is 0 Å². The highest BCUT2D eigenvalue weighted by Crippen LogP contribution is 2.32. The zero-order valence-electron chi connectivity index (χ0n) is 10.5. The van der Waals surface area contributed by atoms with Gasteiger partial charge in [-0.2, -0.15) is 0 Å². The second-order valence-corrected chi connectivity index (χ2v) is 6.35. The zero-order valence-corrected chi connectivity index (χ0v) is 12.1. The van der Waals surface area contributed by atoms with Gasteiger partial charge in [0.2, 0.25) is 0 Å². The lowest BCUT2D eigenvalue weighted by atomic mass is 10.1. The summed E-state index contributed by atoms with van der Waals surface area (Å²) in [6.07, 6.45) is 5.49. The van der Waals surface area contributed by atoms with Crippen LogP contribution in [0.4, 0.5) is 0 Å². The highest BCUT2D eigenvalue weighted by molar-refractivity contribution is 7.18. The highest BCUT2D eigenvalue weighted by Gasteiger charge is 2.12. The van der Waals surface area contributed by atoms with Gasteiger partial charge in [-0.25, -0.2) is 0 Å². The summed E-state index contributed by atoms with van der Waals surface area (Å²) >= 11 is 8.01. The lowest BCUT2D eigenvalue weighted by Gasteiger charge is -2.19. The van der Waals surface area contributed by atoms with E-state index in [1.165, 1.54) is 54.4 Å². The van der Waals surface area contributed by atoms with Crippen LogP contribution in [0.5, 0.6) is 0 Å². The van der Waals surface area contributed by atoms with Crippen molar-refractivity contribution in [2.45, 2.75) is 32.2 Å². The average Bonchev–Trinajstić information content (AvgIpc) is 2.61. The molecule has 1 nitrogen and oxygen atoms in total. The molecule has 0 aliphatic carbocycles. The molecule has 0 N–H and O–H groups in total.